The molecule has 0 radical (unpaired) electrons. The number of aliphatic hydroxyl groups is 1. The summed E-state index contributed by atoms with van der Waals surface area (Å²) >= 11 is 4.92. The minimum absolute atomic E-state index is 0.394. The molecule has 0 aliphatic heterocycles. The summed E-state index contributed by atoms with van der Waals surface area (Å²) in [6.45, 7) is 0.596. The molecular formula is C7H10BrNOS. The van der Waals surface area contributed by atoms with E-state index in [2.05, 4.69) is 21.2 Å². The number of rotatable bonds is 3. The SMILES string of the molecule is CNCC(O)c1sccc1Br. The van der Waals surface area contributed by atoms with Gasteiger partial charge in [-0.1, -0.05) is 0 Å². The highest BCUT2D eigenvalue weighted by atomic mass is 79.9. The number of aliphatic hydroxyl groups excluding tert-OH is 1. The molecule has 0 aromatic carbocycles. The molecule has 0 fully saturated rings. The fraction of sp³-hybridized carbons (Fsp3) is 0.429. The normalized spacial score (nSPS) is 13.4. The lowest BCUT2D eigenvalue weighted by Gasteiger charge is -2.07. The molecule has 1 heterocycles. The summed E-state index contributed by atoms with van der Waals surface area (Å²) in [5.41, 5.74) is 0. The van der Waals surface area contributed by atoms with Gasteiger partial charge >= 0.3 is 0 Å². The van der Waals surface area contributed by atoms with Gasteiger partial charge < -0.3 is 10.4 Å². The van der Waals surface area contributed by atoms with E-state index in [4.69, 9.17) is 0 Å². The maximum atomic E-state index is 9.51. The van der Waals surface area contributed by atoms with E-state index in [1.807, 2.05) is 18.5 Å². The van der Waals surface area contributed by atoms with E-state index in [1.54, 1.807) is 11.3 Å². The first-order chi connectivity index (χ1) is 5.25. The number of thiophene rings is 1. The molecule has 2 N–H and O–H groups in total. The highest BCUT2D eigenvalue weighted by Crippen LogP contribution is 2.28. The van der Waals surface area contributed by atoms with Crippen LogP contribution in [0.1, 0.15) is 11.0 Å². The number of hydrogen-bond donors (Lipinski definition) is 2. The van der Waals surface area contributed by atoms with Crippen LogP contribution in [0.25, 0.3) is 0 Å². The van der Waals surface area contributed by atoms with E-state index in [9.17, 15) is 5.11 Å². The Bertz CT molecular complexity index is 226. The zero-order valence-electron chi connectivity index (χ0n) is 6.17. The van der Waals surface area contributed by atoms with Gasteiger partial charge in [0.1, 0.15) is 6.10 Å². The summed E-state index contributed by atoms with van der Waals surface area (Å²) in [6, 6.07) is 1.94. The summed E-state index contributed by atoms with van der Waals surface area (Å²) in [5.74, 6) is 0. The molecule has 0 aliphatic carbocycles. The predicted octanol–water partition coefficient (Wildman–Crippen LogP) is 1.76. The molecule has 1 aromatic rings. The van der Waals surface area contributed by atoms with Crippen molar-refractivity contribution < 1.29 is 5.11 Å². The van der Waals surface area contributed by atoms with Crippen molar-refractivity contribution in [2.75, 3.05) is 13.6 Å². The third kappa shape index (κ3) is 2.27. The first-order valence-electron chi connectivity index (χ1n) is 3.31. The van der Waals surface area contributed by atoms with Crippen LogP contribution in [0.4, 0.5) is 0 Å². The van der Waals surface area contributed by atoms with Crippen molar-refractivity contribution in [1.82, 2.24) is 5.32 Å². The zero-order valence-corrected chi connectivity index (χ0v) is 8.58. The number of likely N-dealkylation sites (N-methyl/N-ethyl adjacent to an activating group) is 1. The molecule has 0 bridgehead atoms. The van der Waals surface area contributed by atoms with Crippen LogP contribution in [0.5, 0.6) is 0 Å². The number of hydrogen-bond acceptors (Lipinski definition) is 3. The lowest BCUT2D eigenvalue weighted by Crippen LogP contribution is -2.15. The molecule has 1 atom stereocenters. The van der Waals surface area contributed by atoms with E-state index in [0.29, 0.717) is 6.54 Å². The lowest BCUT2D eigenvalue weighted by atomic mass is 10.3. The predicted molar refractivity (Wildman–Crippen MR) is 50.9 cm³/mol. The molecule has 11 heavy (non-hydrogen) atoms. The summed E-state index contributed by atoms with van der Waals surface area (Å²) in [4.78, 5) is 0.986. The molecule has 1 unspecified atom stereocenters. The van der Waals surface area contributed by atoms with Crippen LogP contribution >= 0.6 is 27.3 Å². The van der Waals surface area contributed by atoms with E-state index in [0.717, 1.165) is 9.35 Å². The Balaban J connectivity index is 2.67. The average molecular weight is 236 g/mol. The van der Waals surface area contributed by atoms with Crippen LogP contribution in [0.3, 0.4) is 0 Å². The first-order valence-corrected chi connectivity index (χ1v) is 4.98. The fourth-order valence-electron chi connectivity index (χ4n) is 0.829. The van der Waals surface area contributed by atoms with Gasteiger partial charge in [-0.2, -0.15) is 0 Å². The maximum Gasteiger partial charge on any atom is 0.102 e. The molecule has 2 nitrogen and oxygen atoms in total. The van der Waals surface area contributed by atoms with E-state index < -0.39 is 6.10 Å². The summed E-state index contributed by atoms with van der Waals surface area (Å²) in [5, 5.41) is 14.4. The molecule has 1 aromatic heterocycles. The van der Waals surface area contributed by atoms with Crippen LogP contribution in [0.15, 0.2) is 15.9 Å². The van der Waals surface area contributed by atoms with Crippen LogP contribution in [-0.4, -0.2) is 18.7 Å². The van der Waals surface area contributed by atoms with Crippen molar-refractivity contribution in [2.45, 2.75) is 6.10 Å². The first kappa shape index (κ1) is 9.19. The molecule has 0 spiro atoms. The van der Waals surface area contributed by atoms with Crippen molar-refractivity contribution in [3.63, 3.8) is 0 Å². The minimum Gasteiger partial charge on any atom is -0.386 e. The van der Waals surface area contributed by atoms with Crippen molar-refractivity contribution in [1.29, 1.82) is 0 Å². The summed E-state index contributed by atoms with van der Waals surface area (Å²) < 4.78 is 0.991. The van der Waals surface area contributed by atoms with Crippen molar-refractivity contribution >= 4 is 27.3 Å². The molecule has 0 saturated heterocycles. The molecule has 0 saturated carbocycles. The molecule has 4 heteroatoms. The number of nitrogens with one attached hydrogen (secondary N) is 1. The average Bonchev–Trinajstić information content (AvgIpc) is 2.36. The van der Waals surface area contributed by atoms with Gasteiger partial charge in [0.15, 0.2) is 0 Å². The van der Waals surface area contributed by atoms with Gasteiger partial charge in [0.2, 0.25) is 0 Å². The van der Waals surface area contributed by atoms with Crippen molar-refractivity contribution in [3.8, 4) is 0 Å². The number of halogens is 1. The van der Waals surface area contributed by atoms with Gasteiger partial charge in [-0.3, -0.25) is 0 Å². The van der Waals surface area contributed by atoms with Gasteiger partial charge in [0.05, 0.1) is 0 Å². The van der Waals surface area contributed by atoms with Crippen molar-refractivity contribution in [2.24, 2.45) is 0 Å². The van der Waals surface area contributed by atoms with Crippen LogP contribution in [0.2, 0.25) is 0 Å². The van der Waals surface area contributed by atoms with Gasteiger partial charge in [0, 0.05) is 15.9 Å². The van der Waals surface area contributed by atoms with Gasteiger partial charge in [0.25, 0.3) is 0 Å². The third-order valence-electron chi connectivity index (χ3n) is 1.34. The molecule has 0 amide bonds. The van der Waals surface area contributed by atoms with E-state index >= 15 is 0 Å². The fourth-order valence-corrected chi connectivity index (χ4v) is 2.45. The Kier molecular flexibility index (Phi) is 3.51. The highest BCUT2D eigenvalue weighted by Gasteiger charge is 2.10. The second kappa shape index (κ2) is 4.21. The third-order valence-corrected chi connectivity index (χ3v) is 3.32. The second-order valence-electron chi connectivity index (χ2n) is 2.21. The van der Waals surface area contributed by atoms with Gasteiger partial charge in [-0.25, -0.2) is 0 Å². The Morgan fingerprint density at radius 1 is 1.82 bits per heavy atom. The molecular weight excluding hydrogens is 226 g/mol. The molecule has 62 valence electrons. The minimum atomic E-state index is -0.394. The Hall–Kier alpha value is 0.100. The maximum absolute atomic E-state index is 9.51. The lowest BCUT2D eigenvalue weighted by molar-refractivity contribution is 0.181. The molecule has 1 rings (SSSR count). The zero-order chi connectivity index (χ0) is 8.27. The Morgan fingerprint density at radius 3 is 3.00 bits per heavy atom. The topological polar surface area (TPSA) is 32.3 Å². The van der Waals surface area contributed by atoms with E-state index in [1.165, 1.54) is 0 Å². The molecule has 0 aliphatic rings. The monoisotopic (exact) mass is 235 g/mol. The smallest absolute Gasteiger partial charge is 0.102 e. The summed E-state index contributed by atoms with van der Waals surface area (Å²) in [7, 11) is 1.82. The van der Waals surface area contributed by atoms with Crippen LogP contribution in [-0.2, 0) is 0 Å². The highest BCUT2D eigenvalue weighted by molar-refractivity contribution is 9.10. The standard InChI is InChI=1S/C7H10BrNOS/c1-9-4-6(10)7-5(8)2-3-11-7/h2-3,6,9-10H,4H2,1H3. The second-order valence-corrected chi connectivity index (χ2v) is 4.01. The van der Waals surface area contributed by atoms with E-state index in [-0.39, 0.29) is 0 Å². The van der Waals surface area contributed by atoms with Crippen LogP contribution < -0.4 is 5.32 Å². The Labute approximate surface area is 78.4 Å². The van der Waals surface area contributed by atoms with Crippen molar-refractivity contribution in [3.05, 3.63) is 20.8 Å². The summed E-state index contributed by atoms with van der Waals surface area (Å²) in [6.07, 6.45) is -0.394. The Morgan fingerprint density at radius 2 is 2.55 bits per heavy atom. The van der Waals surface area contributed by atoms with Gasteiger partial charge in [-0.05, 0) is 34.4 Å². The van der Waals surface area contributed by atoms with Gasteiger partial charge in [-0.15, -0.1) is 11.3 Å². The van der Waals surface area contributed by atoms with Crippen LogP contribution in [0, 0.1) is 0 Å². The quantitative estimate of drug-likeness (QED) is 0.838. The largest absolute Gasteiger partial charge is 0.386 e.